The Morgan fingerprint density at radius 1 is 1.18 bits per heavy atom. The SMILES string of the molecule is COC(=O)N[C@H](C(=O)N1CCCC1c1ncc(-c2ccc(N3CCOCC3)cc2)[nH]1)C(C)C. The van der Waals surface area contributed by atoms with Gasteiger partial charge in [-0.25, -0.2) is 9.78 Å². The van der Waals surface area contributed by atoms with Crippen molar-refractivity contribution in [2.45, 2.75) is 38.8 Å². The molecule has 33 heavy (non-hydrogen) atoms. The van der Waals surface area contributed by atoms with E-state index in [4.69, 9.17) is 9.47 Å². The monoisotopic (exact) mass is 455 g/mol. The van der Waals surface area contributed by atoms with Crippen molar-refractivity contribution in [3.63, 3.8) is 0 Å². The number of carbonyl (C=O) groups excluding carboxylic acids is 2. The van der Waals surface area contributed by atoms with Crippen molar-refractivity contribution in [2.24, 2.45) is 5.92 Å². The fourth-order valence-corrected chi connectivity index (χ4v) is 4.52. The summed E-state index contributed by atoms with van der Waals surface area (Å²) in [5, 5.41) is 2.68. The fourth-order valence-electron chi connectivity index (χ4n) is 4.52. The van der Waals surface area contributed by atoms with Crippen molar-refractivity contribution in [1.82, 2.24) is 20.2 Å². The van der Waals surface area contributed by atoms with Gasteiger partial charge in [-0.3, -0.25) is 4.79 Å². The van der Waals surface area contributed by atoms with Crippen LogP contribution in [0, 0.1) is 5.92 Å². The maximum atomic E-state index is 13.3. The van der Waals surface area contributed by atoms with E-state index in [1.165, 1.54) is 12.8 Å². The van der Waals surface area contributed by atoms with Crippen LogP contribution in [0.5, 0.6) is 0 Å². The molecule has 3 heterocycles. The number of nitrogens with zero attached hydrogens (tertiary/aromatic N) is 3. The summed E-state index contributed by atoms with van der Waals surface area (Å²) in [4.78, 5) is 37.2. The summed E-state index contributed by atoms with van der Waals surface area (Å²) >= 11 is 0. The Balaban J connectivity index is 1.47. The number of carbonyl (C=O) groups is 2. The van der Waals surface area contributed by atoms with E-state index < -0.39 is 12.1 Å². The van der Waals surface area contributed by atoms with Crippen molar-refractivity contribution in [1.29, 1.82) is 0 Å². The van der Waals surface area contributed by atoms with Crippen molar-refractivity contribution in [2.75, 3.05) is 44.9 Å². The Kier molecular flexibility index (Phi) is 7.17. The van der Waals surface area contributed by atoms with Gasteiger partial charge in [0, 0.05) is 25.3 Å². The Hall–Kier alpha value is -3.07. The molecule has 1 aromatic heterocycles. The number of hydrogen-bond donors (Lipinski definition) is 2. The molecule has 9 heteroatoms. The Morgan fingerprint density at radius 2 is 1.91 bits per heavy atom. The molecule has 9 nitrogen and oxygen atoms in total. The first kappa shape index (κ1) is 23.1. The number of alkyl carbamates (subject to hydrolysis) is 1. The van der Waals surface area contributed by atoms with Crippen LogP contribution in [-0.4, -0.2) is 72.9 Å². The Bertz CT molecular complexity index is 952. The van der Waals surface area contributed by atoms with Gasteiger partial charge in [-0.1, -0.05) is 26.0 Å². The van der Waals surface area contributed by atoms with Crippen molar-refractivity contribution < 1.29 is 19.1 Å². The number of amides is 2. The molecule has 2 aromatic rings. The quantitative estimate of drug-likeness (QED) is 0.695. The first-order valence-corrected chi connectivity index (χ1v) is 11.6. The lowest BCUT2D eigenvalue weighted by Gasteiger charge is -2.30. The summed E-state index contributed by atoms with van der Waals surface area (Å²) < 4.78 is 10.1. The molecule has 1 aromatic carbocycles. The van der Waals surface area contributed by atoms with Gasteiger partial charge in [-0.05, 0) is 36.5 Å². The van der Waals surface area contributed by atoms with Crippen LogP contribution in [0.1, 0.15) is 38.6 Å². The molecular formula is C24H33N5O4. The van der Waals surface area contributed by atoms with Gasteiger partial charge in [-0.15, -0.1) is 0 Å². The summed E-state index contributed by atoms with van der Waals surface area (Å²) in [6.07, 6.45) is 2.95. The third kappa shape index (κ3) is 5.13. The van der Waals surface area contributed by atoms with Gasteiger partial charge in [0.1, 0.15) is 11.9 Å². The zero-order valence-electron chi connectivity index (χ0n) is 19.5. The predicted molar refractivity (Wildman–Crippen MR) is 125 cm³/mol. The van der Waals surface area contributed by atoms with Gasteiger partial charge in [0.15, 0.2) is 0 Å². The molecule has 0 radical (unpaired) electrons. The second kappa shape index (κ2) is 10.2. The second-order valence-electron chi connectivity index (χ2n) is 8.88. The maximum absolute atomic E-state index is 13.3. The third-order valence-corrected chi connectivity index (χ3v) is 6.39. The molecule has 4 rings (SSSR count). The molecule has 0 bridgehead atoms. The van der Waals surface area contributed by atoms with E-state index in [0.29, 0.717) is 6.54 Å². The van der Waals surface area contributed by atoms with Crippen LogP contribution in [0.4, 0.5) is 10.5 Å². The number of anilines is 1. The van der Waals surface area contributed by atoms with Gasteiger partial charge < -0.3 is 29.6 Å². The van der Waals surface area contributed by atoms with E-state index in [1.807, 2.05) is 24.9 Å². The number of aromatic amines is 1. The van der Waals surface area contributed by atoms with Gasteiger partial charge in [-0.2, -0.15) is 0 Å². The lowest BCUT2D eigenvalue weighted by atomic mass is 10.0. The van der Waals surface area contributed by atoms with Crippen LogP contribution >= 0.6 is 0 Å². The van der Waals surface area contributed by atoms with Crippen LogP contribution in [-0.2, 0) is 14.3 Å². The van der Waals surface area contributed by atoms with E-state index in [2.05, 4.69) is 44.5 Å². The molecule has 2 N–H and O–H groups in total. The molecule has 2 atom stereocenters. The highest BCUT2D eigenvalue weighted by Crippen LogP contribution is 2.33. The topological polar surface area (TPSA) is 99.8 Å². The zero-order valence-corrected chi connectivity index (χ0v) is 19.5. The normalized spacial score (nSPS) is 19.6. The molecule has 0 aliphatic carbocycles. The lowest BCUT2D eigenvalue weighted by Crippen LogP contribution is -2.51. The Labute approximate surface area is 194 Å². The molecule has 1 unspecified atom stereocenters. The first-order valence-electron chi connectivity index (χ1n) is 11.6. The number of nitrogens with one attached hydrogen (secondary N) is 2. The van der Waals surface area contributed by atoms with Crippen molar-refractivity contribution in [3.05, 3.63) is 36.3 Å². The molecule has 2 aliphatic rings. The van der Waals surface area contributed by atoms with E-state index in [1.54, 1.807) is 0 Å². The number of likely N-dealkylation sites (tertiary alicyclic amines) is 1. The number of H-pyrrole nitrogens is 1. The number of benzene rings is 1. The van der Waals surface area contributed by atoms with Crippen molar-refractivity contribution in [3.8, 4) is 11.3 Å². The number of rotatable bonds is 6. The average molecular weight is 456 g/mol. The highest BCUT2D eigenvalue weighted by Gasteiger charge is 2.37. The van der Waals surface area contributed by atoms with Gasteiger partial charge >= 0.3 is 6.09 Å². The molecule has 2 fully saturated rings. The van der Waals surface area contributed by atoms with Crippen LogP contribution in [0.3, 0.4) is 0 Å². The molecule has 2 aliphatic heterocycles. The molecular weight excluding hydrogens is 422 g/mol. The number of ether oxygens (including phenoxy) is 2. The number of imidazole rings is 1. The summed E-state index contributed by atoms with van der Waals surface area (Å²) in [5.41, 5.74) is 3.16. The highest BCUT2D eigenvalue weighted by molar-refractivity contribution is 5.86. The minimum atomic E-state index is -0.639. The van der Waals surface area contributed by atoms with E-state index in [-0.39, 0.29) is 17.9 Å². The standard InChI is InChI=1S/C24H33N5O4/c1-16(2)21(27-24(31)32-3)23(30)29-10-4-5-20(29)22-25-15-19(26-22)17-6-8-18(9-7-17)28-11-13-33-14-12-28/h6-9,15-16,20-21H,4-5,10-14H2,1-3H3,(H,25,26)(H,27,31)/t20?,21-/m0/s1. The van der Waals surface area contributed by atoms with Crippen LogP contribution in [0.15, 0.2) is 30.5 Å². The summed E-state index contributed by atoms with van der Waals surface area (Å²) in [7, 11) is 1.30. The first-order chi connectivity index (χ1) is 16.0. The van der Waals surface area contributed by atoms with Crippen LogP contribution in [0.25, 0.3) is 11.3 Å². The summed E-state index contributed by atoms with van der Waals surface area (Å²) in [6.45, 7) is 7.79. The number of aromatic nitrogens is 2. The molecule has 0 saturated carbocycles. The summed E-state index contributed by atoms with van der Waals surface area (Å²) in [5.74, 6) is 0.606. The molecule has 0 spiro atoms. The van der Waals surface area contributed by atoms with Gasteiger partial charge in [0.05, 0.1) is 38.3 Å². The summed E-state index contributed by atoms with van der Waals surface area (Å²) in [6, 6.07) is 7.65. The van der Waals surface area contributed by atoms with Crippen LogP contribution < -0.4 is 10.2 Å². The van der Waals surface area contributed by atoms with Gasteiger partial charge in [0.2, 0.25) is 5.91 Å². The van der Waals surface area contributed by atoms with E-state index >= 15 is 0 Å². The minimum Gasteiger partial charge on any atom is -0.453 e. The maximum Gasteiger partial charge on any atom is 0.407 e. The van der Waals surface area contributed by atoms with Crippen LogP contribution in [0.2, 0.25) is 0 Å². The number of morpholine rings is 1. The van der Waals surface area contributed by atoms with Gasteiger partial charge in [0.25, 0.3) is 0 Å². The molecule has 2 saturated heterocycles. The average Bonchev–Trinajstić information content (AvgIpc) is 3.52. The number of methoxy groups -OCH3 is 1. The second-order valence-corrected chi connectivity index (χ2v) is 8.88. The Morgan fingerprint density at radius 3 is 2.58 bits per heavy atom. The molecule has 2 amide bonds. The predicted octanol–water partition coefficient (Wildman–Crippen LogP) is 2.96. The number of hydrogen-bond acceptors (Lipinski definition) is 6. The zero-order chi connectivity index (χ0) is 23.4. The highest BCUT2D eigenvalue weighted by atomic mass is 16.5. The lowest BCUT2D eigenvalue weighted by molar-refractivity contribution is -0.135. The molecule has 178 valence electrons. The fraction of sp³-hybridized carbons (Fsp3) is 0.542. The van der Waals surface area contributed by atoms with E-state index in [0.717, 1.165) is 56.2 Å². The smallest absolute Gasteiger partial charge is 0.407 e. The minimum absolute atomic E-state index is 0.0602. The van der Waals surface area contributed by atoms with E-state index in [9.17, 15) is 9.59 Å². The van der Waals surface area contributed by atoms with Crippen molar-refractivity contribution >= 4 is 17.7 Å². The third-order valence-electron chi connectivity index (χ3n) is 6.39. The largest absolute Gasteiger partial charge is 0.453 e.